The number of unbranched alkanes of at least 4 members (excludes halogenated alkanes) is 8. The van der Waals surface area contributed by atoms with Gasteiger partial charge in [0.15, 0.2) is 5.78 Å². The molecule has 0 aromatic heterocycles. The fraction of sp³-hybridized carbons (Fsp3) is 0.706. The molecular weight excluding hydrogens is 220 g/mol. The summed E-state index contributed by atoms with van der Waals surface area (Å²) in [4.78, 5) is 11.5. The van der Waals surface area contributed by atoms with Gasteiger partial charge in [-0.15, -0.1) is 6.58 Å². The number of rotatable bonds is 13. The smallest absolute Gasteiger partial charge is 0.155 e. The van der Waals surface area contributed by atoms with Crippen LogP contribution in [0.15, 0.2) is 24.8 Å². The fourth-order valence-corrected chi connectivity index (χ4v) is 1.93. The summed E-state index contributed by atoms with van der Waals surface area (Å²) in [6, 6.07) is 0. The molecule has 0 saturated heterocycles. The van der Waals surface area contributed by atoms with Gasteiger partial charge in [0.05, 0.1) is 0 Å². The maximum absolute atomic E-state index is 11.5. The quantitative estimate of drug-likeness (QED) is 0.236. The van der Waals surface area contributed by atoms with Crippen molar-refractivity contribution in [3.63, 3.8) is 0 Å². The normalized spacial score (nSPS) is 10.9. The van der Waals surface area contributed by atoms with Gasteiger partial charge in [0.2, 0.25) is 0 Å². The van der Waals surface area contributed by atoms with Crippen molar-refractivity contribution < 1.29 is 4.79 Å². The van der Waals surface area contributed by atoms with E-state index in [-0.39, 0.29) is 0 Å². The average Bonchev–Trinajstić information content (AvgIpc) is 2.38. The summed E-state index contributed by atoms with van der Waals surface area (Å²) in [5.74, 6) is 0.303. The average molecular weight is 250 g/mol. The van der Waals surface area contributed by atoms with Crippen molar-refractivity contribution in [2.75, 3.05) is 0 Å². The first kappa shape index (κ1) is 17.2. The number of carbonyl (C=O) groups excluding carboxylic acids is 1. The highest BCUT2D eigenvalue weighted by molar-refractivity contribution is 5.89. The number of carbonyl (C=O) groups is 1. The van der Waals surface area contributed by atoms with Gasteiger partial charge in [-0.05, 0) is 38.2 Å². The van der Waals surface area contributed by atoms with E-state index in [1.165, 1.54) is 44.9 Å². The van der Waals surface area contributed by atoms with Gasteiger partial charge < -0.3 is 0 Å². The standard InChI is InChI=1S/C17H30O/c1-3-5-7-9-10-11-12-14-16-17(18)15-13-8-6-4-2/h3,14,16H,1,4-13,15H2,2H3. The van der Waals surface area contributed by atoms with Gasteiger partial charge in [0.25, 0.3) is 0 Å². The lowest BCUT2D eigenvalue weighted by Gasteiger charge is -1.97. The summed E-state index contributed by atoms with van der Waals surface area (Å²) in [6.45, 7) is 5.91. The molecule has 0 aliphatic rings. The third-order valence-corrected chi connectivity index (χ3v) is 3.11. The summed E-state index contributed by atoms with van der Waals surface area (Å²) in [5, 5.41) is 0. The van der Waals surface area contributed by atoms with Gasteiger partial charge in [0.1, 0.15) is 0 Å². The molecule has 0 aromatic rings. The Kier molecular flexibility index (Phi) is 13.5. The van der Waals surface area contributed by atoms with Crippen LogP contribution in [0.5, 0.6) is 0 Å². The molecule has 0 unspecified atom stereocenters. The molecule has 0 aromatic carbocycles. The molecule has 18 heavy (non-hydrogen) atoms. The van der Waals surface area contributed by atoms with Crippen LogP contribution in [0.4, 0.5) is 0 Å². The molecule has 0 bridgehead atoms. The lowest BCUT2D eigenvalue weighted by atomic mass is 10.1. The molecule has 0 saturated carbocycles. The van der Waals surface area contributed by atoms with E-state index in [1.807, 2.05) is 6.08 Å². The molecule has 0 atom stereocenters. The zero-order valence-corrected chi connectivity index (χ0v) is 12.1. The van der Waals surface area contributed by atoms with Crippen LogP contribution in [0, 0.1) is 0 Å². The van der Waals surface area contributed by atoms with Crippen molar-refractivity contribution >= 4 is 5.78 Å². The van der Waals surface area contributed by atoms with Gasteiger partial charge in [-0.3, -0.25) is 4.79 Å². The summed E-state index contributed by atoms with van der Waals surface area (Å²) in [6.07, 6.45) is 18.5. The zero-order chi connectivity index (χ0) is 13.5. The Morgan fingerprint density at radius 2 is 1.61 bits per heavy atom. The van der Waals surface area contributed by atoms with Crippen LogP contribution in [0.25, 0.3) is 0 Å². The highest BCUT2D eigenvalue weighted by Crippen LogP contribution is 2.07. The lowest BCUT2D eigenvalue weighted by Crippen LogP contribution is -1.92. The minimum atomic E-state index is 0.303. The van der Waals surface area contributed by atoms with E-state index < -0.39 is 0 Å². The Bertz CT molecular complexity index is 228. The molecule has 0 aliphatic carbocycles. The molecule has 1 nitrogen and oxygen atoms in total. The van der Waals surface area contributed by atoms with Crippen LogP contribution in [-0.2, 0) is 4.79 Å². The van der Waals surface area contributed by atoms with Gasteiger partial charge >= 0.3 is 0 Å². The Balaban J connectivity index is 3.29. The molecule has 0 radical (unpaired) electrons. The van der Waals surface area contributed by atoms with Crippen LogP contribution in [0.3, 0.4) is 0 Å². The third kappa shape index (κ3) is 13.2. The number of ketones is 1. The first-order valence-electron chi connectivity index (χ1n) is 7.61. The van der Waals surface area contributed by atoms with E-state index >= 15 is 0 Å². The topological polar surface area (TPSA) is 17.1 Å². The van der Waals surface area contributed by atoms with Gasteiger partial charge in [0, 0.05) is 6.42 Å². The third-order valence-electron chi connectivity index (χ3n) is 3.11. The van der Waals surface area contributed by atoms with E-state index in [2.05, 4.69) is 19.6 Å². The van der Waals surface area contributed by atoms with Crippen LogP contribution in [0.2, 0.25) is 0 Å². The monoisotopic (exact) mass is 250 g/mol. The zero-order valence-electron chi connectivity index (χ0n) is 12.1. The molecular formula is C17H30O. The Labute approximate surface area is 113 Å². The van der Waals surface area contributed by atoms with Crippen LogP contribution < -0.4 is 0 Å². The number of hydrogen-bond acceptors (Lipinski definition) is 1. The van der Waals surface area contributed by atoms with Gasteiger partial charge in [-0.2, -0.15) is 0 Å². The van der Waals surface area contributed by atoms with Crippen molar-refractivity contribution in [2.24, 2.45) is 0 Å². The van der Waals surface area contributed by atoms with Crippen molar-refractivity contribution in [3.05, 3.63) is 24.8 Å². The molecule has 0 aliphatic heterocycles. The molecule has 0 fully saturated rings. The van der Waals surface area contributed by atoms with Crippen molar-refractivity contribution in [2.45, 2.75) is 77.6 Å². The van der Waals surface area contributed by atoms with Crippen molar-refractivity contribution in [3.8, 4) is 0 Å². The second-order valence-corrected chi connectivity index (χ2v) is 4.96. The second kappa shape index (κ2) is 14.2. The molecule has 0 amide bonds. The molecule has 0 heterocycles. The first-order chi connectivity index (χ1) is 8.81. The van der Waals surface area contributed by atoms with E-state index in [0.29, 0.717) is 5.78 Å². The van der Waals surface area contributed by atoms with Gasteiger partial charge in [-0.25, -0.2) is 0 Å². The lowest BCUT2D eigenvalue weighted by molar-refractivity contribution is -0.114. The van der Waals surface area contributed by atoms with Crippen molar-refractivity contribution in [1.29, 1.82) is 0 Å². The summed E-state index contributed by atoms with van der Waals surface area (Å²) < 4.78 is 0. The van der Waals surface area contributed by atoms with Gasteiger partial charge in [-0.1, -0.05) is 51.2 Å². The molecule has 0 rings (SSSR count). The second-order valence-electron chi connectivity index (χ2n) is 4.96. The minimum Gasteiger partial charge on any atom is -0.295 e. The molecule has 0 spiro atoms. The Hall–Kier alpha value is -0.850. The predicted molar refractivity (Wildman–Crippen MR) is 80.8 cm³/mol. The highest BCUT2D eigenvalue weighted by Gasteiger charge is 1.96. The summed E-state index contributed by atoms with van der Waals surface area (Å²) >= 11 is 0. The highest BCUT2D eigenvalue weighted by atomic mass is 16.1. The van der Waals surface area contributed by atoms with E-state index in [0.717, 1.165) is 25.7 Å². The Morgan fingerprint density at radius 3 is 2.28 bits per heavy atom. The van der Waals surface area contributed by atoms with Crippen molar-refractivity contribution in [1.82, 2.24) is 0 Å². The first-order valence-corrected chi connectivity index (χ1v) is 7.61. The maximum atomic E-state index is 11.5. The van der Waals surface area contributed by atoms with Crippen LogP contribution >= 0.6 is 0 Å². The molecule has 0 N–H and O–H groups in total. The number of hydrogen-bond donors (Lipinski definition) is 0. The van der Waals surface area contributed by atoms with E-state index in [9.17, 15) is 4.79 Å². The fourth-order valence-electron chi connectivity index (χ4n) is 1.93. The van der Waals surface area contributed by atoms with E-state index in [4.69, 9.17) is 0 Å². The van der Waals surface area contributed by atoms with E-state index in [1.54, 1.807) is 6.08 Å². The summed E-state index contributed by atoms with van der Waals surface area (Å²) in [5.41, 5.74) is 0. The van der Waals surface area contributed by atoms with Crippen LogP contribution in [0.1, 0.15) is 77.6 Å². The maximum Gasteiger partial charge on any atom is 0.155 e. The predicted octanol–water partition coefficient (Wildman–Crippen LogP) is 5.61. The van der Waals surface area contributed by atoms with Crippen LogP contribution in [-0.4, -0.2) is 5.78 Å². The minimum absolute atomic E-state index is 0.303. The Morgan fingerprint density at radius 1 is 0.944 bits per heavy atom. The largest absolute Gasteiger partial charge is 0.295 e. The summed E-state index contributed by atoms with van der Waals surface area (Å²) in [7, 11) is 0. The molecule has 1 heteroatoms. The molecule has 104 valence electrons. The SMILES string of the molecule is C=CCCCCCCC=CC(=O)CCCCCC. The number of allylic oxidation sites excluding steroid dienone is 3.